The van der Waals surface area contributed by atoms with Crippen LogP contribution in [0.3, 0.4) is 0 Å². The molecule has 0 bridgehead atoms. The number of benzene rings is 3. The van der Waals surface area contributed by atoms with Crippen molar-refractivity contribution >= 4 is 16.7 Å². The maximum absolute atomic E-state index is 13.0. The Morgan fingerprint density at radius 2 is 1.82 bits per heavy atom. The van der Waals surface area contributed by atoms with E-state index in [1.54, 1.807) is 12.1 Å². The van der Waals surface area contributed by atoms with Crippen LogP contribution in [0.1, 0.15) is 11.6 Å². The molecule has 8 heteroatoms. The lowest BCUT2D eigenvalue weighted by Gasteiger charge is -2.17. The van der Waals surface area contributed by atoms with Crippen LogP contribution in [0.25, 0.3) is 21.9 Å². The van der Waals surface area contributed by atoms with Crippen molar-refractivity contribution in [3.05, 3.63) is 82.6 Å². The van der Waals surface area contributed by atoms with Gasteiger partial charge in [0.05, 0.1) is 0 Å². The third-order valence-electron chi connectivity index (χ3n) is 6.06. The maximum atomic E-state index is 13.0. The van der Waals surface area contributed by atoms with Gasteiger partial charge < -0.3 is 24.1 Å². The molecule has 3 aromatic carbocycles. The molecule has 0 amide bonds. The first-order valence-electron chi connectivity index (χ1n) is 10.7. The molecule has 0 spiro atoms. The predicted octanol–water partition coefficient (Wildman–Crippen LogP) is 3.99. The molecule has 0 saturated heterocycles. The minimum absolute atomic E-state index is 0.0853. The number of hydrogen-bond acceptors (Lipinski definition) is 6. The lowest BCUT2D eigenvalue weighted by Crippen LogP contribution is -2.28. The van der Waals surface area contributed by atoms with Crippen molar-refractivity contribution in [2.24, 2.45) is 0 Å². The number of aromatic nitrogens is 1. The summed E-state index contributed by atoms with van der Waals surface area (Å²) in [5.41, 5.74) is 1.41. The minimum Gasteiger partial charge on any atom is -0.488 e. The third-order valence-corrected chi connectivity index (χ3v) is 6.06. The average Bonchev–Trinajstić information content (AvgIpc) is 3.50. The Kier molecular flexibility index (Phi) is 4.65. The summed E-state index contributed by atoms with van der Waals surface area (Å²) in [6.07, 6.45) is 0. The number of carboxylic acids is 1. The van der Waals surface area contributed by atoms with Gasteiger partial charge in [-0.3, -0.25) is 9.36 Å². The Bertz CT molecular complexity index is 1500. The van der Waals surface area contributed by atoms with Gasteiger partial charge in [-0.05, 0) is 29.1 Å². The lowest BCUT2D eigenvalue weighted by molar-refractivity contribution is -0.140. The zero-order valence-electron chi connectivity index (χ0n) is 17.9. The summed E-state index contributed by atoms with van der Waals surface area (Å²) < 4.78 is 24.1. The van der Waals surface area contributed by atoms with E-state index in [4.69, 9.17) is 18.9 Å². The average molecular weight is 457 g/mol. The van der Waals surface area contributed by atoms with Crippen molar-refractivity contribution in [2.45, 2.75) is 12.6 Å². The van der Waals surface area contributed by atoms with Crippen LogP contribution in [0, 0.1) is 0 Å². The van der Waals surface area contributed by atoms with Crippen molar-refractivity contribution in [3.63, 3.8) is 0 Å². The van der Waals surface area contributed by atoms with Gasteiger partial charge in [-0.15, -0.1) is 0 Å². The highest BCUT2D eigenvalue weighted by Crippen LogP contribution is 2.42. The SMILES string of the molecule is O=C(O)[C@@H]1COc2c(-c3ccc4c(c3)OCO4)c(COc3cccc4ccccc34)cc(=O)n21. The second kappa shape index (κ2) is 7.84. The van der Waals surface area contributed by atoms with Crippen molar-refractivity contribution in [1.82, 2.24) is 4.57 Å². The molecule has 2 aliphatic heterocycles. The fraction of sp³-hybridized carbons (Fsp3) is 0.154. The summed E-state index contributed by atoms with van der Waals surface area (Å²) >= 11 is 0. The first kappa shape index (κ1) is 20.2. The zero-order valence-corrected chi connectivity index (χ0v) is 17.9. The monoisotopic (exact) mass is 457 g/mol. The van der Waals surface area contributed by atoms with E-state index in [1.807, 2.05) is 48.5 Å². The number of ether oxygens (including phenoxy) is 4. The summed E-state index contributed by atoms with van der Waals surface area (Å²) in [7, 11) is 0. The lowest BCUT2D eigenvalue weighted by atomic mass is 10.0. The van der Waals surface area contributed by atoms with Gasteiger partial charge in [0.1, 0.15) is 19.0 Å². The number of aliphatic carboxylic acids is 1. The van der Waals surface area contributed by atoms with Crippen LogP contribution in [0.2, 0.25) is 0 Å². The van der Waals surface area contributed by atoms with Gasteiger partial charge in [0.25, 0.3) is 5.56 Å². The van der Waals surface area contributed by atoms with Gasteiger partial charge >= 0.3 is 5.97 Å². The molecule has 4 aromatic rings. The Morgan fingerprint density at radius 1 is 1.00 bits per heavy atom. The number of fused-ring (bicyclic) bond motifs is 3. The molecule has 6 rings (SSSR count). The van der Waals surface area contributed by atoms with Crippen LogP contribution in [-0.4, -0.2) is 29.0 Å². The highest BCUT2D eigenvalue weighted by Gasteiger charge is 2.34. The molecule has 0 aliphatic carbocycles. The second-order valence-corrected chi connectivity index (χ2v) is 8.06. The predicted molar refractivity (Wildman–Crippen MR) is 123 cm³/mol. The quantitative estimate of drug-likeness (QED) is 0.484. The van der Waals surface area contributed by atoms with Gasteiger partial charge in [-0.2, -0.15) is 0 Å². The first-order valence-corrected chi connectivity index (χ1v) is 10.7. The number of pyridine rings is 1. The molecule has 8 nitrogen and oxygen atoms in total. The van der Waals surface area contributed by atoms with E-state index >= 15 is 0 Å². The molecule has 3 heterocycles. The molecular weight excluding hydrogens is 438 g/mol. The molecule has 0 saturated carbocycles. The van der Waals surface area contributed by atoms with Crippen LogP contribution < -0.4 is 24.5 Å². The fourth-order valence-corrected chi connectivity index (χ4v) is 4.45. The van der Waals surface area contributed by atoms with E-state index in [0.29, 0.717) is 33.9 Å². The van der Waals surface area contributed by atoms with E-state index in [2.05, 4.69) is 0 Å². The molecule has 0 fully saturated rings. The van der Waals surface area contributed by atoms with Crippen LogP contribution in [0.5, 0.6) is 23.1 Å². The molecular formula is C26H19NO7. The largest absolute Gasteiger partial charge is 0.488 e. The molecule has 1 aromatic heterocycles. The Labute approximate surface area is 193 Å². The van der Waals surface area contributed by atoms with Crippen LogP contribution in [0.15, 0.2) is 71.5 Å². The topological polar surface area (TPSA) is 96.2 Å². The minimum atomic E-state index is -1.13. The number of rotatable bonds is 5. The van der Waals surface area contributed by atoms with Gasteiger partial charge in [0.2, 0.25) is 12.7 Å². The van der Waals surface area contributed by atoms with Crippen LogP contribution >= 0.6 is 0 Å². The molecule has 34 heavy (non-hydrogen) atoms. The van der Waals surface area contributed by atoms with Crippen LogP contribution in [-0.2, 0) is 11.4 Å². The van der Waals surface area contributed by atoms with E-state index < -0.39 is 17.6 Å². The van der Waals surface area contributed by atoms with Crippen molar-refractivity contribution in [1.29, 1.82) is 0 Å². The molecule has 2 aliphatic rings. The number of hydrogen-bond donors (Lipinski definition) is 1. The van der Waals surface area contributed by atoms with E-state index in [9.17, 15) is 14.7 Å². The van der Waals surface area contributed by atoms with E-state index in [-0.39, 0.29) is 25.9 Å². The molecule has 1 N–H and O–H groups in total. The van der Waals surface area contributed by atoms with E-state index in [0.717, 1.165) is 10.8 Å². The number of carbonyl (C=O) groups is 1. The molecule has 0 unspecified atom stereocenters. The Morgan fingerprint density at radius 3 is 2.71 bits per heavy atom. The number of carboxylic acid groups (broad SMARTS) is 1. The fourth-order valence-electron chi connectivity index (χ4n) is 4.45. The highest BCUT2D eigenvalue weighted by atomic mass is 16.7. The molecule has 1 atom stereocenters. The van der Waals surface area contributed by atoms with Gasteiger partial charge in [-0.1, -0.05) is 42.5 Å². The Balaban J connectivity index is 1.47. The summed E-state index contributed by atoms with van der Waals surface area (Å²) in [5.74, 6) is 0.940. The summed E-state index contributed by atoms with van der Waals surface area (Å²) in [6, 6.07) is 19.4. The summed E-state index contributed by atoms with van der Waals surface area (Å²) in [4.78, 5) is 24.7. The molecule has 170 valence electrons. The Hall–Kier alpha value is -4.46. The zero-order chi connectivity index (χ0) is 23.2. The van der Waals surface area contributed by atoms with Gasteiger partial charge in [-0.25, -0.2) is 4.79 Å². The second-order valence-electron chi connectivity index (χ2n) is 8.06. The molecule has 0 radical (unpaired) electrons. The third kappa shape index (κ3) is 3.23. The summed E-state index contributed by atoms with van der Waals surface area (Å²) in [6.45, 7) is 0.0809. The van der Waals surface area contributed by atoms with Crippen molar-refractivity contribution in [3.8, 4) is 34.3 Å². The van der Waals surface area contributed by atoms with Gasteiger partial charge in [0.15, 0.2) is 17.5 Å². The number of nitrogens with zero attached hydrogens (tertiary/aromatic N) is 1. The van der Waals surface area contributed by atoms with E-state index in [1.165, 1.54) is 10.6 Å². The van der Waals surface area contributed by atoms with Crippen LogP contribution in [0.4, 0.5) is 0 Å². The summed E-state index contributed by atoms with van der Waals surface area (Å²) in [5, 5.41) is 11.6. The van der Waals surface area contributed by atoms with Crippen molar-refractivity contribution < 1.29 is 28.8 Å². The normalized spacial score (nSPS) is 15.7. The smallest absolute Gasteiger partial charge is 0.330 e. The van der Waals surface area contributed by atoms with Crippen molar-refractivity contribution in [2.75, 3.05) is 13.4 Å². The first-order chi connectivity index (χ1) is 16.6. The highest BCUT2D eigenvalue weighted by molar-refractivity contribution is 5.88. The standard InChI is InChI=1S/C26H19NO7/c28-23-11-17(12-31-20-7-3-5-15-4-1-2-6-18(15)20)24(25-27(23)19(13-32-25)26(29)30)16-8-9-21-22(10-16)34-14-33-21/h1-11,19H,12-14H2,(H,29,30)/t19-/m0/s1. The van der Waals surface area contributed by atoms with Gasteiger partial charge in [0, 0.05) is 22.6 Å². The maximum Gasteiger partial charge on any atom is 0.330 e.